The highest BCUT2D eigenvalue weighted by atomic mass is 15.1. The summed E-state index contributed by atoms with van der Waals surface area (Å²) < 4.78 is 2.23. The lowest BCUT2D eigenvalue weighted by atomic mass is 10.1. The number of fused-ring (bicyclic) bond motifs is 1. The molecular weight excluding hydrogens is 210 g/mol. The Morgan fingerprint density at radius 3 is 2.76 bits per heavy atom. The summed E-state index contributed by atoms with van der Waals surface area (Å²) in [5.74, 6) is 2.16. The summed E-state index contributed by atoms with van der Waals surface area (Å²) in [5.41, 5.74) is 7.32. The van der Waals surface area contributed by atoms with E-state index < -0.39 is 0 Å². The molecular formula is C14H25N3. The van der Waals surface area contributed by atoms with Gasteiger partial charge in [0.25, 0.3) is 0 Å². The Balaban J connectivity index is 1.86. The van der Waals surface area contributed by atoms with Crippen LogP contribution in [0, 0.1) is 0 Å². The zero-order chi connectivity index (χ0) is 12.1. The Labute approximate surface area is 104 Å². The van der Waals surface area contributed by atoms with Crippen LogP contribution in [-0.2, 0) is 19.4 Å². The fraction of sp³-hybridized carbons (Fsp3) is 0.786. The van der Waals surface area contributed by atoms with Gasteiger partial charge in [0.05, 0.1) is 5.69 Å². The van der Waals surface area contributed by atoms with Crippen LogP contribution in [0.3, 0.4) is 0 Å². The van der Waals surface area contributed by atoms with Crippen molar-refractivity contribution in [2.24, 2.45) is 0 Å². The third kappa shape index (κ3) is 3.02. The largest absolute Gasteiger partial charge is 0.384 e. The highest BCUT2D eigenvalue weighted by molar-refractivity contribution is 5.38. The molecule has 17 heavy (non-hydrogen) atoms. The van der Waals surface area contributed by atoms with E-state index in [-0.39, 0.29) is 0 Å². The molecule has 3 heteroatoms. The predicted molar refractivity (Wildman–Crippen MR) is 72.0 cm³/mol. The lowest BCUT2D eigenvalue weighted by molar-refractivity contribution is 0.527. The normalized spacial score (nSPS) is 14.9. The fourth-order valence-electron chi connectivity index (χ4n) is 2.64. The standard InChI is InChI=1S/C14H25N3/c1-2-3-4-5-6-9-12-14(15)17-11-8-7-10-13(17)16-12/h2-11,15H2,1H3. The zero-order valence-corrected chi connectivity index (χ0v) is 11.0. The Kier molecular flexibility index (Phi) is 4.46. The minimum absolute atomic E-state index is 0.940. The number of rotatable bonds is 6. The maximum absolute atomic E-state index is 6.17. The minimum atomic E-state index is 0.940. The van der Waals surface area contributed by atoms with Crippen LogP contribution in [0.2, 0.25) is 0 Å². The summed E-state index contributed by atoms with van der Waals surface area (Å²) in [7, 11) is 0. The molecule has 96 valence electrons. The van der Waals surface area contributed by atoms with Gasteiger partial charge in [0, 0.05) is 13.0 Å². The van der Waals surface area contributed by atoms with Gasteiger partial charge >= 0.3 is 0 Å². The van der Waals surface area contributed by atoms with Crippen molar-refractivity contribution >= 4 is 5.82 Å². The zero-order valence-electron chi connectivity index (χ0n) is 11.0. The average Bonchev–Trinajstić information content (AvgIpc) is 2.67. The van der Waals surface area contributed by atoms with E-state index in [9.17, 15) is 0 Å². The third-order valence-electron chi connectivity index (χ3n) is 3.71. The number of aryl methyl sites for hydroxylation is 2. The molecule has 3 nitrogen and oxygen atoms in total. The summed E-state index contributed by atoms with van der Waals surface area (Å²) in [6.07, 6.45) is 11.3. The molecule has 0 radical (unpaired) electrons. The second-order valence-corrected chi connectivity index (χ2v) is 5.13. The summed E-state index contributed by atoms with van der Waals surface area (Å²) in [6, 6.07) is 0. The first-order chi connectivity index (χ1) is 8.33. The number of anilines is 1. The van der Waals surface area contributed by atoms with Crippen molar-refractivity contribution in [2.45, 2.75) is 71.3 Å². The van der Waals surface area contributed by atoms with E-state index in [2.05, 4.69) is 11.5 Å². The van der Waals surface area contributed by atoms with Gasteiger partial charge in [-0.3, -0.25) is 0 Å². The molecule has 0 atom stereocenters. The molecule has 1 aliphatic rings. The molecule has 2 heterocycles. The minimum Gasteiger partial charge on any atom is -0.384 e. The first kappa shape index (κ1) is 12.5. The number of aromatic nitrogens is 2. The highest BCUT2D eigenvalue weighted by Crippen LogP contribution is 2.22. The smallest absolute Gasteiger partial charge is 0.126 e. The lowest BCUT2D eigenvalue weighted by Crippen LogP contribution is -2.12. The molecule has 2 N–H and O–H groups in total. The van der Waals surface area contributed by atoms with Gasteiger partial charge in [0.1, 0.15) is 11.6 Å². The number of nitrogen functional groups attached to an aromatic ring is 1. The van der Waals surface area contributed by atoms with Crippen molar-refractivity contribution in [3.8, 4) is 0 Å². The second kappa shape index (κ2) is 6.08. The van der Waals surface area contributed by atoms with Gasteiger partial charge < -0.3 is 10.3 Å². The molecule has 1 aliphatic heterocycles. The maximum atomic E-state index is 6.17. The highest BCUT2D eigenvalue weighted by Gasteiger charge is 2.16. The van der Waals surface area contributed by atoms with Crippen molar-refractivity contribution in [3.05, 3.63) is 11.5 Å². The van der Waals surface area contributed by atoms with E-state index in [1.807, 2.05) is 0 Å². The first-order valence-electron chi connectivity index (χ1n) is 7.16. The Hall–Kier alpha value is -0.990. The monoisotopic (exact) mass is 235 g/mol. The molecule has 0 aliphatic carbocycles. The van der Waals surface area contributed by atoms with E-state index in [4.69, 9.17) is 10.7 Å². The van der Waals surface area contributed by atoms with Gasteiger partial charge in [-0.2, -0.15) is 0 Å². The van der Waals surface area contributed by atoms with Crippen LogP contribution in [-0.4, -0.2) is 9.55 Å². The number of nitrogens with two attached hydrogens (primary N) is 1. The summed E-state index contributed by atoms with van der Waals surface area (Å²) >= 11 is 0. The van der Waals surface area contributed by atoms with Gasteiger partial charge in [-0.1, -0.05) is 32.6 Å². The summed E-state index contributed by atoms with van der Waals surface area (Å²) in [4.78, 5) is 4.71. The molecule has 0 spiro atoms. The second-order valence-electron chi connectivity index (χ2n) is 5.13. The molecule has 2 rings (SSSR count). The number of unbranched alkanes of at least 4 members (excludes halogenated alkanes) is 4. The van der Waals surface area contributed by atoms with Crippen LogP contribution in [0.15, 0.2) is 0 Å². The van der Waals surface area contributed by atoms with Crippen LogP contribution in [0.1, 0.15) is 63.4 Å². The van der Waals surface area contributed by atoms with E-state index >= 15 is 0 Å². The quantitative estimate of drug-likeness (QED) is 0.769. The molecule has 1 aromatic heterocycles. The molecule has 0 saturated carbocycles. The molecule has 0 saturated heterocycles. The van der Waals surface area contributed by atoms with Crippen molar-refractivity contribution in [1.29, 1.82) is 0 Å². The van der Waals surface area contributed by atoms with Crippen LogP contribution in [0.4, 0.5) is 5.82 Å². The van der Waals surface area contributed by atoms with Gasteiger partial charge in [-0.15, -0.1) is 0 Å². The van der Waals surface area contributed by atoms with Crippen molar-refractivity contribution in [3.63, 3.8) is 0 Å². The number of hydrogen-bond donors (Lipinski definition) is 1. The van der Waals surface area contributed by atoms with Gasteiger partial charge in [0.2, 0.25) is 0 Å². The average molecular weight is 235 g/mol. The third-order valence-corrected chi connectivity index (χ3v) is 3.71. The number of imidazole rings is 1. The first-order valence-corrected chi connectivity index (χ1v) is 7.16. The van der Waals surface area contributed by atoms with Crippen molar-refractivity contribution in [1.82, 2.24) is 9.55 Å². The van der Waals surface area contributed by atoms with Crippen LogP contribution < -0.4 is 5.73 Å². The summed E-state index contributed by atoms with van der Waals surface area (Å²) in [5, 5.41) is 0. The molecule has 1 aromatic rings. The van der Waals surface area contributed by atoms with Crippen molar-refractivity contribution < 1.29 is 0 Å². The molecule has 0 aromatic carbocycles. The lowest BCUT2D eigenvalue weighted by Gasteiger charge is -2.14. The van der Waals surface area contributed by atoms with E-state index in [0.717, 1.165) is 30.9 Å². The topological polar surface area (TPSA) is 43.8 Å². The van der Waals surface area contributed by atoms with Gasteiger partial charge in [-0.25, -0.2) is 4.98 Å². The van der Waals surface area contributed by atoms with Crippen LogP contribution >= 0.6 is 0 Å². The van der Waals surface area contributed by atoms with Gasteiger partial charge in [0.15, 0.2) is 0 Å². The van der Waals surface area contributed by atoms with E-state index in [1.54, 1.807) is 0 Å². The molecule has 0 amide bonds. The summed E-state index contributed by atoms with van der Waals surface area (Å²) in [6.45, 7) is 3.32. The van der Waals surface area contributed by atoms with E-state index in [1.165, 1.54) is 50.8 Å². The Morgan fingerprint density at radius 1 is 1.18 bits per heavy atom. The maximum Gasteiger partial charge on any atom is 0.126 e. The molecule has 0 fully saturated rings. The number of nitrogens with zero attached hydrogens (tertiary/aromatic N) is 2. The SMILES string of the molecule is CCCCCCCc1nc2n(c1N)CCCC2. The van der Waals surface area contributed by atoms with E-state index in [0.29, 0.717) is 0 Å². The predicted octanol–water partition coefficient (Wildman–Crippen LogP) is 3.31. The Bertz CT molecular complexity index is 355. The van der Waals surface area contributed by atoms with Crippen LogP contribution in [0.25, 0.3) is 0 Å². The Morgan fingerprint density at radius 2 is 2.00 bits per heavy atom. The molecule has 0 bridgehead atoms. The fourth-order valence-corrected chi connectivity index (χ4v) is 2.64. The van der Waals surface area contributed by atoms with Crippen molar-refractivity contribution in [2.75, 3.05) is 5.73 Å². The van der Waals surface area contributed by atoms with Crippen LogP contribution in [0.5, 0.6) is 0 Å². The van der Waals surface area contributed by atoms with Gasteiger partial charge in [-0.05, 0) is 25.7 Å². The molecule has 0 unspecified atom stereocenters. The number of hydrogen-bond acceptors (Lipinski definition) is 2.